The van der Waals surface area contributed by atoms with Crippen LogP contribution in [0.15, 0.2) is 48.5 Å². The monoisotopic (exact) mass is 436 g/mol. The summed E-state index contributed by atoms with van der Waals surface area (Å²) in [4.78, 5) is 27.4. The van der Waals surface area contributed by atoms with Crippen molar-refractivity contribution in [1.82, 2.24) is 15.1 Å². The first-order chi connectivity index (χ1) is 15.0. The molecule has 1 aromatic heterocycles. The van der Waals surface area contributed by atoms with Gasteiger partial charge in [-0.05, 0) is 49.6 Å². The Labute approximate surface area is 185 Å². The molecule has 1 saturated heterocycles. The molecular formula is C23H24N4O3S. The molecule has 1 atom stereocenters. The lowest BCUT2D eigenvalue weighted by atomic mass is 10.1. The number of hydrogen-bond acceptors (Lipinski definition) is 6. The molecule has 4 rings (SSSR count). The van der Waals surface area contributed by atoms with Gasteiger partial charge in [0.1, 0.15) is 10.8 Å². The molecule has 7 nitrogen and oxygen atoms in total. The Balaban J connectivity index is 1.43. The zero-order chi connectivity index (χ0) is 21.8. The molecule has 2 aromatic carbocycles. The lowest BCUT2D eigenvalue weighted by Crippen LogP contribution is -2.31. The van der Waals surface area contributed by atoms with Gasteiger partial charge in [0.05, 0.1) is 19.6 Å². The van der Waals surface area contributed by atoms with E-state index in [1.165, 1.54) is 11.3 Å². The standard InChI is InChI=1S/C23H24N4O3S/c1-15-8-10-17(11-9-15)24-21(29)23-26-25-22(31-23)19-7-4-12-27(19)20(28)14-16-5-3-6-18(13-16)30-2/h3,5-6,8-11,13,19H,4,7,12,14H2,1-2H3,(H,24,29). The second-order valence-electron chi connectivity index (χ2n) is 7.54. The number of nitrogens with one attached hydrogen (secondary N) is 1. The van der Waals surface area contributed by atoms with Gasteiger partial charge in [-0.25, -0.2) is 0 Å². The van der Waals surface area contributed by atoms with E-state index in [-0.39, 0.29) is 17.9 Å². The van der Waals surface area contributed by atoms with Gasteiger partial charge in [-0.2, -0.15) is 0 Å². The molecule has 0 radical (unpaired) electrons. The molecule has 1 unspecified atom stereocenters. The first-order valence-corrected chi connectivity index (χ1v) is 11.0. The van der Waals surface area contributed by atoms with E-state index in [0.717, 1.165) is 29.7 Å². The molecule has 1 fully saturated rings. The van der Waals surface area contributed by atoms with Gasteiger partial charge in [-0.1, -0.05) is 41.2 Å². The average molecular weight is 437 g/mol. The number of hydrogen-bond donors (Lipinski definition) is 1. The normalized spacial score (nSPS) is 15.7. The maximum atomic E-state index is 13.0. The molecule has 3 aromatic rings. The van der Waals surface area contributed by atoms with Crippen LogP contribution >= 0.6 is 11.3 Å². The molecule has 0 saturated carbocycles. The van der Waals surface area contributed by atoms with E-state index in [1.807, 2.05) is 60.4 Å². The molecule has 0 aliphatic carbocycles. The van der Waals surface area contributed by atoms with Crippen LogP contribution in [0.25, 0.3) is 0 Å². The number of rotatable bonds is 6. The van der Waals surface area contributed by atoms with Crippen molar-refractivity contribution in [3.8, 4) is 5.75 Å². The fourth-order valence-corrected chi connectivity index (χ4v) is 4.55. The minimum atomic E-state index is -0.292. The summed E-state index contributed by atoms with van der Waals surface area (Å²) in [5.41, 5.74) is 2.74. The van der Waals surface area contributed by atoms with Crippen LogP contribution in [-0.4, -0.2) is 40.6 Å². The Hall–Kier alpha value is -3.26. The van der Waals surface area contributed by atoms with Gasteiger partial charge in [0.25, 0.3) is 5.91 Å². The van der Waals surface area contributed by atoms with Crippen LogP contribution in [0.3, 0.4) is 0 Å². The Morgan fingerprint density at radius 2 is 2.00 bits per heavy atom. The average Bonchev–Trinajstić information content (AvgIpc) is 3.45. The van der Waals surface area contributed by atoms with Crippen LogP contribution < -0.4 is 10.1 Å². The maximum Gasteiger partial charge on any atom is 0.286 e. The second-order valence-corrected chi connectivity index (χ2v) is 8.55. The largest absolute Gasteiger partial charge is 0.497 e. The highest BCUT2D eigenvalue weighted by atomic mass is 32.1. The predicted molar refractivity (Wildman–Crippen MR) is 119 cm³/mol. The van der Waals surface area contributed by atoms with Crippen LogP contribution in [-0.2, 0) is 11.2 Å². The summed E-state index contributed by atoms with van der Waals surface area (Å²) in [5, 5.41) is 12.1. The molecule has 2 amide bonds. The highest BCUT2D eigenvalue weighted by Crippen LogP contribution is 2.34. The number of likely N-dealkylation sites (tertiary alicyclic amines) is 1. The number of methoxy groups -OCH3 is 1. The number of benzene rings is 2. The quantitative estimate of drug-likeness (QED) is 0.631. The molecule has 8 heteroatoms. The third-order valence-electron chi connectivity index (χ3n) is 5.29. The van der Waals surface area contributed by atoms with Crippen LogP contribution in [0.1, 0.15) is 44.8 Å². The van der Waals surface area contributed by atoms with E-state index in [9.17, 15) is 9.59 Å². The van der Waals surface area contributed by atoms with Crippen molar-refractivity contribution in [1.29, 1.82) is 0 Å². The van der Waals surface area contributed by atoms with E-state index >= 15 is 0 Å². The highest BCUT2D eigenvalue weighted by molar-refractivity contribution is 7.13. The summed E-state index contributed by atoms with van der Waals surface area (Å²) < 4.78 is 5.25. The third kappa shape index (κ3) is 4.91. The Morgan fingerprint density at radius 1 is 1.19 bits per heavy atom. The number of carbonyl (C=O) groups excluding carboxylic acids is 2. The van der Waals surface area contributed by atoms with E-state index < -0.39 is 0 Å². The summed E-state index contributed by atoms with van der Waals surface area (Å²) in [5.74, 6) is 0.480. The number of anilines is 1. The van der Waals surface area contributed by atoms with Crippen molar-refractivity contribution in [2.45, 2.75) is 32.2 Å². The number of amides is 2. The number of nitrogens with zero attached hydrogens (tertiary/aromatic N) is 3. The number of aromatic nitrogens is 2. The third-order valence-corrected chi connectivity index (χ3v) is 6.32. The van der Waals surface area contributed by atoms with Crippen LogP contribution in [0, 0.1) is 6.92 Å². The summed E-state index contributed by atoms with van der Waals surface area (Å²) >= 11 is 1.25. The van der Waals surface area contributed by atoms with Crippen LogP contribution in [0.4, 0.5) is 5.69 Å². The summed E-state index contributed by atoms with van der Waals surface area (Å²) in [6, 6.07) is 15.0. The smallest absolute Gasteiger partial charge is 0.286 e. The molecule has 160 valence electrons. The van der Waals surface area contributed by atoms with Crippen molar-refractivity contribution >= 4 is 28.8 Å². The second kappa shape index (κ2) is 9.26. The van der Waals surface area contributed by atoms with Gasteiger partial charge in [0.15, 0.2) is 0 Å². The van der Waals surface area contributed by atoms with Crippen molar-refractivity contribution in [3.05, 3.63) is 69.7 Å². The molecule has 2 heterocycles. The van der Waals surface area contributed by atoms with Gasteiger partial charge in [-0.15, -0.1) is 10.2 Å². The Morgan fingerprint density at radius 3 is 2.77 bits per heavy atom. The lowest BCUT2D eigenvalue weighted by Gasteiger charge is -2.22. The van der Waals surface area contributed by atoms with Crippen LogP contribution in [0.5, 0.6) is 5.75 Å². The number of carbonyl (C=O) groups is 2. The summed E-state index contributed by atoms with van der Waals surface area (Å²) in [7, 11) is 1.61. The number of ether oxygens (including phenoxy) is 1. The molecule has 1 aliphatic heterocycles. The van der Waals surface area contributed by atoms with Gasteiger partial charge >= 0.3 is 0 Å². The van der Waals surface area contributed by atoms with E-state index in [2.05, 4.69) is 15.5 Å². The highest BCUT2D eigenvalue weighted by Gasteiger charge is 2.33. The maximum absolute atomic E-state index is 13.0. The fraction of sp³-hybridized carbons (Fsp3) is 0.304. The van der Waals surface area contributed by atoms with Crippen LogP contribution in [0.2, 0.25) is 0 Å². The predicted octanol–water partition coefficient (Wildman–Crippen LogP) is 4.01. The topological polar surface area (TPSA) is 84.4 Å². The molecule has 1 N–H and O–H groups in total. The zero-order valence-electron chi connectivity index (χ0n) is 17.5. The van der Waals surface area contributed by atoms with Gasteiger partial charge in [0.2, 0.25) is 10.9 Å². The van der Waals surface area contributed by atoms with Crippen molar-refractivity contribution in [2.24, 2.45) is 0 Å². The van der Waals surface area contributed by atoms with Gasteiger partial charge in [-0.3, -0.25) is 9.59 Å². The molecule has 0 spiro atoms. The summed E-state index contributed by atoms with van der Waals surface area (Å²) in [6.07, 6.45) is 2.02. The minimum absolute atomic E-state index is 0.0385. The molecule has 0 bridgehead atoms. The van der Waals surface area contributed by atoms with E-state index in [4.69, 9.17) is 4.74 Å². The number of aryl methyl sites for hydroxylation is 1. The summed E-state index contributed by atoms with van der Waals surface area (Å²) in [6.45, 7) is 2.67. The fourth-order valence-electron chi connectivity index (χ4n) is 3.66. The minimum Gasteiger partial charge on any atom is -0.497 e. The lowest BCUT2D eigenvalue weighted by molar-refractivity contribution is -0.131. The van der Waals surface area contributed by atoms with Crippen molar-refractivity contribution in [2.75, 3.05) is 19.0 Å². The molecule has 1 aliphatic rings. The SMILES string of the molecule is COc1cccc(CC(=O)N2CCCC2c2nnc(C(=O)Nc3ccc(C)cc3)s2)c1. The van der Waals surface area contributed by atoms with E-state index in [1.54, 1.807) is 7.11 Å². The first kappa shape index (κ1) is 21.0. The first-order valence-electron chi connectivity index (χ1n) is 10.2. The van der Waals surface area contributed by atoms with Gasteiger partial charge < -0.3 is 15.0 Å². The Kier molecular flexibility index (Phi) is 6.27. The van der Waals surface area contributed by atoms with Crippen molar-refractivity contribution < 1.29 is 14.3 Å². The zero-order valence-corrected chi connectivity index (χ0v) is 18.3. The van der Waals surface area contributed by atoms with E-state index in [0.29, 0.717) is 28.7 Å². The molecule has 31 heavy (non-hydrogen) atoms. The Bertz CT molecular complexity index is 1080. The molecular weight excluding hydrogens is 412 g/mol. The van der Waals surface area contributed by atoms with Crippen molar-refractivity contribution in [3.63, 3.8) is 0 Å². The van der Waals surface area contributed by atoms with Gasteiger partial charge in [0, 0.05) is 12.2 Å².